The third kappa shape index (κ3) is 11.9. The molecule has 0 radical (unpaired) electrons. The van der Waals surface area contributed by atoms with Crippen molar-refractivity contribution in [2.45, 2.75) is 204 Å². The lowest BCUT2D eigenvalue weighted by Crippen LogP contribution is -2.41. The lowest BCUT2D eigenvalue weighted by Gasteiger charge is -2.46. The van der Waals surface area contributed by atoms with Crippen LogP contribution in [0.3, 0.4) is 0 Å². The monoisotopic (exact) mass is 697 g/mol. The molecule has 4 saturated carbocycles. The van der Waals surface area contributed by atoms with Gasteiger partial charge in [-0.2, -0.15) is 0 Å². The minimum atomic E-state index is 0.169. The second-order valence-electron chi connectivity index (χ2n) is 20.8. The lowest BCUT2D eigenvalue weighted by atomic mass is 9.62. The Balaban J connectivity index is 1.28. The predicted molar refractivity (Wildman–Crippen MR) is 204 cm³/mol. The van der Waals surface area contributed by atoms with E-state index >= 15 is 0 Å². The molecule has 4 aliphatic rings. The molecule has 0 aromatic rings. The van der Waals surface area contributed by atoms with Crippen LogP contribution in [0.5, 0.6) is 0 Å². The van der Waals surface area contributed by atoms with Gasteiger partial charge in [0.05, 0.1) is 24.4 Å². The number of hydrogen-bond donors (Lipinski definition) is 0. The second kappa shape index (κ2) is 17.0. The van der Waals surface area contributed by atoms with Crippen molar-refractivity contribution < 1.29 is 18.1 Å². The van der Waals surface area contributed by atoms with Gasteiger partial charge >= 0.3 is 0 Å². The molecule has 0 spiro atoms. The molecule has 0 aromatic heterocycles. The van der Waals surface area contributed by atoms with Gasteiger partial charge in [-0.15, -0.1) is 0 Å². The van der Waals surface area contributed by atoms with Crippen molar-refractivity contribution in [2.24, 2.45) is 57.2 Å². The van der Waals surface area contributed by atoms with E-state index in [1.165, 1.54) is 96.3 Å². The molecular formula is C41H78O4P2. The molecule has 0 aliphatic heterocycles. The molecule has 47 heavy (non-hydrogen) atoms. The summed E-state index contributed by atoms with van der Waals surface area (Å²) in [6, 6.07) is 0. The molecule has 0 saturated heterocycles. The topological polar surface area (TPSA) is 36.9 Å². The van der Waals surface area contributed by atoms with Gasteiger partial charge in [0, 0.05) is 0 Å². The van der Waals surface area contributed by atoms with Crippen LogP contribution >= 0.6 is 18.1 Å². The highest BCUT2D eigenvalue weighted by atomic mass is 31.1. The maximum Gasteiger partial charge on any atom is 0.155 e. The molecule has 0 heterocycles. The molecule has 0 aromatic carbocycles. The van der Waals surface area contributed by atoms with Gasteiger partial charge in [-0.05, 0) is 128 Å². The van der Waals surface area contributed by atoms with Crippen LogP contribution < -0.4 is 0 Å². The van der Waals surface area contributed by atoms with E-state index in [1.54, 1.807) is 0 Å². The van der Waals surface area contributed by atoms with E-state index in [0.717, 1.165) is 11.8 Å². The third-order valence-corrected chi connectivity index (χ3v) is 14.9. The second-order valence-corrected chi connectivity index (χ2v) is 22.1. The minimum absolute atomic E-state index is 0.169. The summed E-state index contributed by atoms with van der Waals surface area (Å²) in [5.41, 5.74) is 1.26. The molecular weight excluding hydrogens is 618 g/mol. The van der Waals surface area contributed by atoms with Crippen molar-refractivity contribution >= 4 is 18.1 Å². The molecule has 0 amide bonds. The standard InChI is InChI=1S/C41H78O4P2/c1-38(2,3)30-21-23-36(32(26-30)40(7,8)9)44-46-42-34-19-15-13-17-28(34)25-29-18-14-16-20-35(29)43-47-45-37-24-22-31(39(4,5)6)27-33(37)41(10,11)12/h28-37,46-47H,13-27H2,1-12H3. The van der Waals surface area contributed by atoms with Crippen molar-refractivity contribution in [2.75, 3.05) is 0 Å². The molecule has 12 unspecified atom stereocenters. The van der Waals surface area contributed by atoms with Crippen molar-refractivity contribution in [1.29, 1.82) is 0 Å². The van der Waals surface area contributed by atoms with Crippen LogP contribution in [0, 0.1) is 57.2 Å². The average Bonchev–Trinajstić information content (AvgIpc) is 2.97. The molecule has 4 aliphatic carbocycles. The maximum atomic E-state index is 6.71. The van der Waals surface area contributed by atoms with Gasteiger partial charge in [-0.1, -0.05) is 109 Å². The zero-order valence-corrected chi connectivity index (χ0v) is 35.0. The first-order valence-electron chi connectivity index (χ1n) is 20.0. The summed E-state index contributed by atoms with van der Waals surface area (Å²) >= 11 is 0. The Bertz CT molecular complexity index is 854. The van der Waals surface area contributed by atoms with Crippen LogP contribution in [0.4, 0.5) is 0 Å². The van der Waals surface area contributed by atoms with Crippen LogP contribution in [-0.4, -0.2) is 24.4 Å². The molecule has 276 valence electrons. The Hall–Kier alpha value is 0.700. The van der Waals surface area contributed by atoms with Gasteiger partial charge in [0.1, 0.15) is 0 Å². The first-order chi connectivity index (χ1) is 21.8. The Labute approximate surface area is 296 Å². The van der Waals surface area contributed by atoms with Crippen molar-refractivity contribution in [3.8, 4) is 0 Å². The zero-order chi connectivity index (χ0) is 34.6. The largest absolute Gasteiger partial charge is 0.333 e. The summed E-state index contributed by atoms with van der Waals surface area (Å²) in [7, 11) is 0.338. The smallest absolute Gasteiger partial charge is 0.155 e. The lowest BCUT2D eigenvalue weighted by molar-refractivity contribution is -0.0233. The fraction of sp³-hybridized carbons (Fsp3) is 1.00. The van der Waals surface area contributed by atoms with Gasteiger partial charge in [-0.25, -0.2) is 0 Å². The van der Waals surface area contributed by atoms with Gasteiger partial charge < -0.3 is 18.1 Å². The van der Waals surface area contributed by atoms with Gasteiger partial charge in [0.2, 0.25) is 0 Å². The van der Waals surface area contributed by atoms with E-state index in [-0.39, 0.29) is 28.9 Å². The average molecular weight is 697 g/mol. The zero-order valence-electron chi connectivity index (χ0n) is 33.0. The van der Waals surface area contributed by atoms with E-state index in [2.05, 4.69) is 83.1 Å². The molecule has 0 N–H and O–H groups in total. The van der Waals surface area contributed by atoms with Gasteiger partial charge in [0.15, 0.2) is 18.1 Å². The molecule has 6 heteroatoms. The fourth-order valence-electron chi connectivity index (χ4n) is 9.85. The Morgan fingerprint density at radius 1 is 0.404 bits per heavy atom. The third-order valence-electron chi connectivity index (χ3n) is 13.3. The summed E-state index contributed by atoms with van der Waals surface area (Å²) in [5.74, 6) is 4.00. The maximum absolute atomic E-state index is 6.71. The quantitative estimate of drug-likeness (QED) is 0.213. The highest BCUT2D eigenvalue weighted by molar-refractivity contribution is 7.26. The van der Waals surface area contributed by atoms with E-state index < -0.39 is 0 Å². The minimum Gasteiger partial charge on any atom is -0.333 e. The number of rotatable bonds is 10. The highest BCUT2D eigenvalue weighted by Crippen LogP contribution is 2.51. The van der Waals surface area contributed by atoms with E-state index in [9.17, 15) is 0 Å². The van der Waals surface area contributed by atoms with Crippen LogP contribution in [0.15, 0.2) is 0 Å². The Kier molecular flexibility index (Phi) is 14.7. The van der Waals surface area contributed by atoms with Crippen molar-refractivity contribution in [3.05, 3.63) is 0 Å². The van der Waals surface area contributed by atoms with Gasteiger partial charge in [-0.3, -0.25) is 0 Å². The molecule has 12 atom stereocenters. The van der Waals surface area contributed by atoms with Crippen molar-refractivity contribution in [3.63, 3.8) is 0 Å². The Morgan fingerprint density at radius 3 is 1.09 bits per heavy atom. The van der Waals surface area contributed by atoms with Crippen LogP contribution in [0.2, 0.25) is 0 Å². The summed E-state index contributed by atoms with van der Waals surface area (Å²) in [5, 5.41) is 0. The summed E-state index contributed by atoms with van der Waals surface area (Å²) in [4.78, 5) is 0. The SMILES string of the molecule is CC(C)(C)C1CCC(OPOC2CCCCC2CC2CCCCC2OPOC2CCC(C(C)(C)C)CC2C(C)(C)C)C(C(C)(C)C)C1. The first-order valence-corrected chi connectivity index (χ1v) is 21.6. The van der Waals surface area contributed by atoms with Crippen LogP contribution in [-0.2, 0) is 18.1 Å². The van der Waals surface area contributed by atoms with Gasteiger partial charge in [0.25, 0.3) is 0 Å². The fourth-order valence-corrected chi connectivity index (χ4v) is 11.6. The molecule has 4 fully saturated rings. The molecule has 4 nitrogen and oxygen atoms in total. The van der Waals surface area contributed by atoms with E-state index in [0.29, 0.717) is 58.9 Å². The normalized spacial score (nSPS) is 37.3. The van der Waals surface area contributed by atoms with E-state index in [1.807, 2.05) is 0 Å². The Morgan fingerprint density at radius 2 is 0.745 bits per heavy atom. The molecule has 4 rings (SSSR count). The van der Waals surface area contributed by atoms with E-state index in [4.69, 9.17) is 18.1 Å². The van der Waals surface area contributed by atoms with Crippen molar-refractivity contribution in [1.82, 2.24) is 0 Å². The summed E-state index contributed by atoms with van der Waals surface area (Å²) < 4.78 is 26.8. The van der Waals surface area contributed by atoms with Crippen LogP contribution in [0.25, 0.3) is 0 Å². The predicted octanol–water partition coefficient (Wildman–Crippen LogP) is 13.3. The van der Waals surface area contributed by atoms with Crippen LogP contribution in [0.1, 0.15) is 179 Å². The summed E-state index contributed by atoms with van der Waals surface area (Å²) in [6.07, 6.45) is 20.3. The number of hydrogen-bond acceptors (Lipinski definition) is 4. The highest BCUT2D eigenvalue weighted by Gasteiger charge is 2.43. The molecule has 0 bridgehead atoms. The summed E-state index contributed by atoms with van der Waals surface area (Å²) in [6.45, 7) is 29.0. The first kappa shape index (κ1) is 40.5.